The van der Waals surface area contributed by atoms with E-state index in [2.05, 4.69) is 5.32 Å². The minimum Gasteiger partial charge on any atom is -0.399 e. The van der Waals surface area contributed by atoms with Crippen LogP contribution in [0, 0.1) is 5.82 Å². The van der Waals surface area contributed by atoms with Gasteiger partial charge in [0, 0.05) is 11.3 Å². The van der Waals surface area contributed by atoms with Crippen LogP contribution in [0.25, 0.3) is 0 Å². The van der Waals surface area contributed by atoms with Gasteiger partial charge in [-0.25, -0.2) is 4.39 Å². The number of aryl methyl sites for hydroxylation is 1. The van der Waals surface area contributed by atoms with E-state index in [1.807, 2.05) is 6.92 Å². The number of rotatable bonds is 3. The van der Waals surface area contributed by atoms with Crippen molar-refractivity contribution in [1.29, 1.82) is 0 Å². The van der Waals surface area contributed by atoms with E-state index in [-0.39, 0.29) is 5.56 Å². The van der Waals surface area contributed by atoms with Gasteiger partial charge in [-0.3, -0.25) is 4.79 Å². The first-order valence-electron chi connectivity index (χ1n) is 6.15. The molecule has 0 fully saturated rings. The number of amides is 1. The number of hydrogen-bond acceptors (Lipinski definition) is 2. The minimum atomic E-state index is -0.437. The molecule has 0 aliphatic rings. The Bertz CT molecular complexity index is 658. The molecule has 5 heteroatoms. The van der Waals surface area contributed by atoms with E-state index in [9.17, 15) is 9.18 Å². The van der Waals surface area contributed by atoms with Crippen molar-refractivity contribution in [2.45, 2.75) is 13.3 Å². The lowest BCUT2D eigenvalue weighted by Gasteiger charge is -2.09. The van der Waals surface area contributed by atoms with E-state index in [1.165, 1.54) is 12.1 Å². The van der Waals surface area contributed by atoms with E-state index in [0.29, 0.717) is 22.8 Å². The molecule has 0 spiro atoms. The Morgan fingerprint density at radius 3 is 2.75 bits per heavy atom. The van der Waals surface area contributed by atoms with Crippen LogP contribution in [0.5, 0.6) is 0 Å². The largest absolute Gasteiger partial charge is 0.399 e. The molecule has 0 aromatic heterocycles. The maximum atomic E-state index is 13.4. The first-order chi connectivity index (χ1) is 9.49. The molecule has 0 atom stereocenters. The SMILES string of the molecule is CCc1cc(F)cc(C(=O)Nc2cc(N)ccc2Cl)c1. The zero-order chi connectivity index (χ0) is 14.7. The smallest absolute Gasteiger partial charge is 0.255 e. The Morgan fingerprint density at radius 2 is 2.05 bits per heavy atom. The summed E-state index contributed by atoms with van der Waals surface area (Å²) in [5.41, 5.74) is 7.54. The van der Waals surface area contributed by atoms with Crippen LogP contribution in [0.4, 0.5) is 15.8 Å². The van der Waals surface area contributed by atoms with Crippen LogP contribution in [0.3, 0.4) is 0 Å². The van der Waals surface area contributed by atoms with Gasteiger partial charge in [0.1, 0.15) is 5.82 Å². The quantitative estimate of drug-likeness (QED) is 0.844. The zero-order valence-electron chi connectivity index (χ0n) is 10.9. The number of benzene rings is 2. The topological polar surface area (TPSA) is 55.1 Å². The molecule has 1 amide bonds. The second-order valence-corrected chi connectivity index (χ2v) is 4.80. The van der Waals surface area contributed by atoms with E-state index >= 15 is 0 Å². The lowest BCUT2D eigenvalue weighted by molar-refractivity contribution is 0.102. The van der Waals surface area contributed by atoms with Crippen LogP contribution < -0.4 is 11.1 Å². The average molecular weight is 293 g/mol. The van der Waals surface area contributed by atoms with Crippen molar-refractivity contribution >= 4 is 28.9 Å². The Hall–Kier alpha value is -2.07. The highest BCUT2D eigenvalue weighted by Gasteiger charge is 2.11. The maximum absolute atomic E-state index is 13.4. The fraction of sp³-hybridized carbons (Fsp3) is 0.133. The lowest BCUT2D eigenvalue weighted by atomic mass is 10.1. The molecule has 0 saturated carbocycles. The molecule has 2 rings (SSSR count). The molecule has 0 aliphatic heterocycles. The summed E-state index contributed by atoms with van der Waals surface area (Å²) >= 11 is 5.97. The van der Waals surface area contributed by atoms with Gasteiger partial charge in [0.2, 0.25) is 0 Å². The fourth-order valence-corrected chi connectivity index (χ4v) is 1.98. The number of nitrogens with two attached hydrogens (primary N) is 1. The number of nitrogens with one attached hydrogen (secondary N) is 1. The summed E-state index contributed by atoms with van der Waals surface area (Å²) in [4.78, 5) is 12.1. The van der Waals surface area contributed by atoms with E-state index < -0.39 is 11.7 Å². The zero-order valence-corrected chi connectivity index (χ0v) is 11.7. The Kier molecular flexibility index (Phi) is 4.25. The van der Waals surface area contributed by atoms with Crippen LogP contribution in [0.2, 0.25) is 5.02 Å². The molecule has 104 valence electrons. The van der Waals surface area contributed by atoms with Gasteiger partial charge in [-0.05, 0) is 48.4 Å². The molecular formula is C15H14ClFN2O. The van der Waals surface area contributed by atoms with E-state index in [0.717, 1.165) is 5.56 Å². The molecule has 2 aromatic rings. The number of carbonyl (C=O) groups is 1. The molecule has 20 heavy (non-hydrogen) atoms. The van der Waals surface area contributed by atoms with Gasteiger partial charge in [0.25, 0.3) is 5.91 Å². The van der Waals surface area contributed by atoms with Crippen LogP contribution >= 0.6 is 11.6 Å². The molecule has 3 nitrogen and oxygen atoms in total. The number of nitrogen functional groups attached to an aromatic ring is 1. The van der Waals surface area contributed by atoms with Gasteiger partial charge >= 0.3 is 0 Å². The number of anilines is 2. The molecule has 0 saturated heterocycles. The van der Waals surface area contributed by atoms with Crippen LogP contribution in [-0.2, 0) is 6.42 Å². The average Bonchev–Trinajstić information content (AvgIpc) is 2.42. The second-order valence-electron chi connectivity index (χ2n) is 4.40. The van der Waals surface area contributed by atoms with Gasteiger partial charge in [-0.1, -0.05) is 18.5 Å². The summed E-state index contributed by atoms with van der Waals surface area (Å²) in [7, 11) is 0. The molecule has 0 unspecified atom stereocenters. The van der Waals surface area contributed by atoms with Crippen LogP contribution in [0.15, 0.2) is 36.4 Å². The molecule has 3 N–H and O–H groups in total. The van der Waals surface area contributed by atoms with Crippen molar-refractivity contribution in [1.82, 2.24) is 0 Å². The lowest BCUT2D eigenvalue weighted by Crippen LogP contribution is -2.13. The van der Waals surface area contributed by atoms with Crippen molar-refractivity contribution in [3.8, 4) is 0 Å². The summed E-state index contributed by atoms with van der Waals surface area (Å²) in [6.07, 6.45) is 0.650. The van der Waals surface area contributed by atoms with Gasteiger partial charge in [-0.2, -0.15) is 0 Å². The minimum absolute atomic E-state index is 0.250. The third kappa shape index (κ3) is 3.27. The molecule has 2 aromatic carbocycles. The highest BCUT2D eigenvalue weighted by atomic mass is 35.5. The van der Waals surface area contributed by atoms with Gasteiger partial charge < -0.3 is 11.1 Å². The summed E-state index contributed by atoms with van der Waals surface area (Å²) in [5.74, 6) is -0.861. The Balaban J connectivity index is 2.28. The maximum Gasteiger partial charge on any atom is 0.255 e. The first-order valence-corrected chi connectivity index (χ1v) is 6.53. The van der Waals surface area contributed by atoms with Gasteiger partial charge in [0.15, 0.2) is 0 Å². The normalized spacial score (nSPS) is 10.3. The van der Waals surface area contributed by atoms with E-state index in [4.69, 9.17) is 17.3 Å². The molecular weight excluding hydrogens is 279 g/mol. The van der Waals surface area contributed by atoms with Crippen molar-refractivity contribution < 1.29 is 9.18 Å². The predicted molar refractivity (Wildman–Crippen MR) is 79.6 cm³/mol. The van der Waals surface area contributed by atoms with Crippen LogP contribution in [-0.4, -0.2) is 5.91 Å². The molecule has 0 heterocycles. The summed E-state index contributed by atoms with van der Waals surface area (Å²) in [6, 6.07) is 9.03. The van der Waals surface area contributed by atoms with Crippen molar-refractivity contribution in [3.05, 3.63) is 58.4 Å². The predicted octanol–water partition coefficient (Wildman–Crippen LogP) is 3.88. The Labute approximate surface area is 121 Å². The third-order valence-electron chi connectivity index (χ3n) is 2.87. The van der Waals surface area contributed by atoms with Crippen LogP contribution in [0.1, 0.15) is 22.8 Å². The number of hydrogen-bond donors (Lipinski definition) is 2. The monoisotopic (exact) mass is 292 g/mol. The first kappa shape index (κ1) is 14.3. The molecule has 0 aliphatic carbocycles. The number of halogens is 2. The third-order valence-corrected chi connectivity index (χ3v) is 3.20. The summed E-state index contributed by atoms with van der Waals surface area (Å²) in [5, 5.41) is 3.00. The fourth-order valence-electron chi connectivity index (χ4n) is 1.82. The second kappa shape index (κ2) is 5.92. The number of carbonyl (C=O) groups excluding carboxylic acids is 1. The Morgan fingerprint density at radius 1 is 1.30 bits per heavy atom. The van der Waals surface area contributed by atoms with Gasteiger partial charge in [-0.15, -0.1) is 0 Å². The van der Waals surface area contributed by atoms with Gasteiger partial charge in [0.05, 0.1) is 10.7 Å². The molecule has 0 radical (unpaired) electrons. The summed E-state index contributed by atoms with van der Waals surface area (Å²) < 4.78 is 13.4. The highest BCUT2D eigenvalue weighted by Crippen LogP contribution is 2.24. The van der Waals surface area contributed by atoms with Crippen molar-refractivity contribution in [2.24, 2.45) is 0 Å². The summed E-state index contributed by atoms with van der Waals surface area (Å²) in [6.45, 7) is 1.89. The molecule has 0 bridgehead atoms. The highest BCUT2D eigenvalue weighted by molar-refractivity contribution is 6.34. The standard InChI is InChI=1S/C15H14ClFN2O/c1-2-9-5-10(7-11(17)6-9)15(20)19-14-8-12(18)3-4-13(14)16/h3-8H,2,18H2,1H3,(H,19,20). The van der Waals surface area contributed by atoms with Crippen molar-refractivity contribution in [2.75, 3.05) is 11.1 Å². The van der Waals surface area contributed by atoms with E-state index in [1.54, 1.807) is 24.3 Å². The van der Waals surface area contributed by atoms with Crippen molar-refractivity contribution in [3.63, 3.8) is 0 Å².